The van der Waals surface area contributed by atoms with Crippen molar-refractivity contribution in [3.8, 4) is 11.5 Å². The second kappa shape index (κ2) is 7.65. The molecule has 0 radical (unpaired) electrons. The number of hydrogen-bond donors (Lipinski definition) is 1. The molecule has 4 heterocycles. The number of hydrogen-bond acceptors (Lipinski definition) is 8. The number of aromatic nitrogens is 3. The Morgan fingerprint density at radius 1 is 1.40 bits per heavy atom. The van der Waals surface area contributed by atoms with Crippen molar-refractivity contribution in [3.05, 3.63) is 40.0 Å². The number of rotatable bonds is 4. The van der Waals surface area contributed by atoms with Gasteiger partial charge in [0.2, 0.25) is 11.8 Å². The van der Waals surface area contributed by atoms with E-state index in [1.165, 1.54) is 0 Å². The summed E-state index contributed by atoms with van der Waals surface area (Å²) in [5.41, 5.74) is 1.83. The van der Waals surface area contributed by atoms with Gasteiger partial charge >= 0.3 is 0 Å². The minimum Gasteiger partial charge on any atom is -0.441 e. The van der Waals surface area contributed by atoms with E-state index in [1.54, 1.807) is 11.3 Å². The van der Waals surface area contributed by atoms with Gasteiger partial charge in [-0.15, -0.1) is 12.4 Å². The van der Waals surface area contributed by atoms with Crippen molar-refractivity contribution in [3.63, 3.8) is 0 Å². The van der Waals surface area contributed by atoms with Crippen LogP contribution in [0.25, 0.3) is 11.5 Å². The molecule has 0 aromatic carbocycles. The summed E-state index contributed by atoms with van der Waals surface area (Å²) in [6.45, 7) is 4.71. The van der Waals surface area contributed by atoms with Crippen LogP contribution in [0.2, 0.25) is 0 Å². The molecule has 1 N–H and O–H groups in total. The molecule has 1 atom stereocenters. The Bertz CT molecular complexity index is 816. The largest absolute Gasteiger partial charge is 0.441 e. The van der Waals surface area contributed by atoms with Gasteiger partial charge in [0.1, 0.15) is 5.76 Å². The third kappa shape index (κ3) is 3.77. The van der Waals surface area contributed by atoms with Crippen LogP contribution in [0, 0.1) is 6.92 Å². The first-order valence-electron chi connectivity index (χ1n) is 7.93. The molecule has 134 valence electrons. The molecule has 0 saturated carbocycles. The van der Waals surface area contributed by atoms with Gasteiger partial charge in [0.05, 0.1) is 18.2 Å². The molecule has 0 spiro atoms. The lowest BCUT2D eigenvalue weighted by atomic mass is 10.2. The van der Waals surface area contributed by atoms with Gasteiger partial charge in [0.25, 0.3) is 0 Å². The smallest absolute Gasteiger partial charge is 0.232 e. The summed E-state index contributed by atoms with van der Waals surface area (Å²) in [6.07, 6.45) is 0.482. The Labute approximate surface area is 155 Å². The van der Waals surface area contributed by atoms with Crippen LogP contribution in [0.5, 0.6) is 0 Å². The van der Waals surface area contributed by atoms with E-state index in [1.807, 2.05) is 23.8 Å². The van der Waals surface area contributed by atoms with Crippen molar-refractivity contribution < 1.29 is 8.94 Å². The maximum Gasteiger partial charge on any atom is 0.232 e. The Kier molecular flexibility index (Phi) is 5.53. The number of likely N-dealkylation sites (N-methyl/N-ethyl adjacent to an activating group) is 1. The molecule has 3 aromatic rings. The lowest BCUT2D eigenvalue weighted by Crippen LogP contribution is -2.44. The number of halogens is 1. The summed E-state index contributed by atoms with van der Waals surface area (Å²) < 4.78 is 11.2. The van der Waals surface area contributed by atoms with Crippen LogP contribution in [-0.4, -0.2) is 46.7 Å². The Hall–Kier alpha value is -1.74. The summed E-state index contributed by atoms with van der Waals surface area (Å²) in [7, 11) is 2.08. The van der Waals surface area contributed by atoms with E-state index in [4.69, 9.17) is 8.94 Å². The zero-order valence-electron chi connectivity index (χ0n) is 14.1. The number of piperazine rings is 1. The highest BCUT2D eigenvalue weighted by atomic mass is 35.5. The van der Waals surface area contributed by atoms with Gasteiger partial charge in [-0.05, 0) is 25.4 Å². The van der Waals surface area contributed by atoms with Crippen molar-refractivity contribution in [1.29, 1.82) is 0 Å². The summed E-state index contributed by atoms with van der Waals surface area (Å²) in [5, 5.41) is 11.5. The van der Waals surface area contributed by atoms with Crippen molar-refractivity contribution in [2.75, 3.05) is 26.7 Å². The van der Waals surface area contributed by atoms with Gasteiger partial charge < -0.3 is 14.3 Å². The number of nitrogens with zero attached hydrogens (tertiary/aromatic N) is 4. The van der Waals surface area contributed by atoms with Crippen molar-refractivity contribution in [2.24, 2.45) is 0 Å². The third-order valence-electron chi connectivity index (χ3n) is 4.27. The predicted molar refractivity (Wildman–Crippen MR) is 97.1 cm³/mol. The summed E-state index contributed by atoms with van der Waals surface area (Å²) in [6, 6.07) is 2.15. The molecule has 1 aliphatic rings. The van der Waals surface area contributed by atoms with Crippen LogP contribution in [0.3, 0.4) is 0 Å². The average Bonchev–Trinajstić information content (AvgIpc) is 3.30. The Morgan fingerprint density at radius 2 is 2.28 bits per heavy atom. The summed E-state index contributed by atoms with van der Waals surface area (Å²) in [5.74, 6) is 2.71. The van der Waals surface area contributed by atoms with E-state index < -0.39 is 0 Å². The molecule has 1 saturated heterocycles. The van der Waals surface area contributed by atoms with Gasteiger partial charge in [-0.2, -0.15) is 16.3 Å². The molecule has 9 heteroatoms. The van der Waals surface area contributed by atoms with Crippen LogP contribution in [0.4, 0.5) is 0 Å². The third-order valence-corrected chi connectivity index (χ3v) is 4.96. The van der Waals surface area contributed by atoms with Crippen LogP contribution in [0.1, 0.15) is 29.2 Å². The zero-order chi connectivity index (χ0) is 16.5. The SMILES string of the molecule is Cc1oc(-c2ccsc2)nc1Cc1nc(C2CNCCN2C)no1.Cl. The molecular weight excluding hydrogens is 362 g/mol. The number of thiophene rings is 1. The molecule has 0 amide bonds. The maximum atomic E-state index is 5.76. The summed E-state index contributed by atoms with van der Waals surface area (Å²) >= 11 is 1.62. The molecule has 0 aliphatic carbocycles. The minimum absolute atomic E-state index is 0. The Balaban J connectivity index is 0.00000182. The first kappa shape index (κ1) is 18.1. The second-order valence-electron chi connectivity index (χ2n) is 5.96. The molecular formula is C16H20ClN5O2S. The van der Waals surface area contributed by atoms with Crippen molar-refractivity contribution in [1.82, 2.24) is 25.3 Å². The molecule has 25 heavy (non-hydrogen) atoms. The highest BCUT2D eigenvalue weighted by Gasteiger charge is 2.25. The first-order chi connectivity index (χ1) is 11.7. The lowest BCUT2D eigenvalue weighted by Gasteiger charge is -2.30. The first-order valence-corrected chi connectivity index (χ1v) is 8.87. The normalized spacial score (nSPS) is 18.2. The fourth-order valence-corrected chi connectivity index (χ4v) is 3.44. The minimum atomic E-state index is 0. The van der Waals surface area contributed by atoms with E-state index in [-0.39, 0.29) is 18.4 Å². The van der Waals surface area contributed by atoms with E-state index in [9.17, 15) is 0 Å². The van der Waals surface area contributed by atoms with Gasteiger partial charge in [0, 0.05) is 30.6 Å². The molecule has 1 unspecified atom stereocenters. The fraction of sp³-hybridized carbons (Fsp3) is 0.438. The van der Waals surface area contributed by atoms with E-state index in [0.29, 0.717) is 18.2 Å². The van der Waals surface area contributed by atoms with E-state index in [0.717, 1.165) is 42.5 Å². The standard InChI is InChI=1S/C16H19N5O2S.ClH/c1-10-12(18-16(22-10)11-3-6-24-9-11)7-14-19-15(20-23-14)13-8-17-4-5-21(13)2;/h3,6,9,13,17H,4-5,7-8H2,1-2H3;1H. The maximum absolute atomic E-state index is 5.76. The molecule has 0 bridgehead atoms. The van der Waals surface area contributed by atoms with Crippen LogP contribution in [0.15, 0.2) is 25.8 Å². The highest BCUT2D eigenvalue weighted by molar-refractivity contribution is 7.08. The van der Waals surface area contributed by atoms with Gasteiger partial charge in [-0.1, -0.05) is 5.16 Å². The number of oxazole rings is 1. The topological polar surface area (TPSA) is 80.2 Å². The molecule has 1 fully saturated rings. The quantitative estimate of drug-likeness (QED) is 0.744. The van der Waals surface area contributed by atoms with Gasteiger partial charge in [-0.3, -0.25) is 4.90 Å². The second-order valence-corrected chi connectivity index (χ2v) is 6.74. The van der Waals surface area contributed by atoms with Gasteiger partial charge in [0.15, 0.2) is 5.82 Å². The Morgan fingerprint density at radius 3 is 3.04 bits per heavy atom. The number of nitrogens with one attached hydrogen (secondary N) is 1. The summed E-state index contributed by atoms with van der Waals surface area (Å²) in [4.78, 5) is 11.4. The highest BCUT2D eigenvalue weighted by Crippen LogP contribution is 2.25. The molecule has 3 aromatic heterocycles. The van der Waals surface area contributed by atoms with Crippen LogP contribution >= 0.6 is 23.7 Å². The van der Waals surface area contributed by atoms with Crippen molar-refractivity contribution >= 4 is 23.7 Å². The number of aryl methyl sites for hydroxylation is 1. The molecule has 7 nitrogen and oxygen atoms in total. The zero-order valence-corrected chi connectivity index (χ0v) is 15.7. The predicted octanol–water partition coefficient (Wildman–Crippen LogP) is 2.68. The lowest BCUT2D eigenvalue weighted by molar-refractivity contribution is 0.190. The average molecular weight is 382 g/mol. The van der Waals surface area contributed by atoms with Crippen molar-refractivity contribution in [2.45, 2.75) is 19.4 Å². The van der Waals surface area contributed by atoms with E-state index in [2.05, 4.69) is 32.4 Å². The van der Waals surface area contributed by atoms with Gasteiger partial charge in [-0.25, -0.2) is 4.98 Å². The molecule has 1 aliphatic heterocycles. The van der Waals surface area contributed by atoms with E-state index >= 15 is 0 Å². The van der Waals surface area contributed by atoms with Crippen LogP contribution in [-0.2, 0) is 6.42 Å². The van der Waals surface area contributed by atoms with Crippen LogP contribution < -0.4 is 5.32 Å². The fourth-order valence-electron chi connectivity index (χ4n) is 2.81. The molecule has 4 rings (SSSR count). The monoisotopic (exact) mass is 381 g/mol.